The summed E-state index contributed by atoms with van der Waals surface area (Å²) in [4.78, 5) is 0. The third kappa shape index (κ3) is 2.99. The van der Waals surface area contributed by atoms with Gasteiger partial charge in [0.25, 0.3) is 0 Å². The first kappa shape index (κ1) is 9.15. The largest absolute Gasteiger partial charge is 1.00 e. The molecule has 0 amide bonds. The maximum Gasteiger partial charge on any atom is 0.142 e. The van der Waals surface area contributed by atoms with Gasteiger partial charge in [-0.3, -0.25) is 0 Å². The van der Waals surface area contributed by atoms with E-state index in [0.717, 1.165) is 0 Å². The van der Waals surface area contributed by atoms with E-state index >= 15 is 0 Å². The molecule has 0 atom stereocenters. The summed E-state index contributed by atoms with van der Waals surface area (Å²) in [5, 5.41) is 0. The Hall–Kier alpha value is 0.150. The van der Waals surface area contributed by atoms with Crippen LogP contribution in [0, 0.1) is 0 Å². The highest BCUT2D eigenvalue weighted by Gasteiger charge is 2.07. The molecule has 0 aromatic heterocycles. The number of rotatable bonds is 0. The molecule has 9 heavy (non-hydrogen) atoms. The molecule has 1 heterocycles. The third-order valence-electron chi connectivity index (χ3n) is 1.76. The van der Waals surface area contributed by atoms with Crippen molar-refractivity contribution in [2.45, 2.75) is 26.2 Å². The number of hydrogen-bond donors (Lipinski definition) is 0. The molecule has 1 aliphatic rings. The van der Waals surface area contributed by atoms with E-state index in [1.54, 1.807) is 0 Å². The van der Waals surface area contributed by atoms with Gasteiger partial charge in [0.15, 0.2) is 0 Å². The van der Waals surface area contributed by atoms with Crippen LogP contribution in [0.5, 0.6) is 0 Å². The van der Waals surface area contributed by atoms with Crippen LogP contribution in [0.15, 0.2) is 0 Å². The molecule has 0 aliphatic carbocycles. The predicted molar refractivity (Wildman–Crippen MR) is 35.6 cm³/mol. The van der Waals surface area contributed by atoms with Crippen LogP contribution >= 0.6 is 0 Å². The molecule has 1 aliphatic heterocycles. The summed E-state index contributed by atoms with van der Waals surface area (Å²) >= 11 is 0. The zero-order valence-corrected chi connectivity index (χ0v) is 7.52. The van der Waals surface area contributed by atoms with Gasteiger partial charge in [-0.2, -0.15) is 0 Å². The van der Waals surface area contributed by atoms with Crippen LogP contribution in [0.1, 0.15) is 26.2 Å². The molecule has 1 fully saturated rings. The minimum absolute atomic E-state index is 0. The van der Waals surface area contributed by atoms with Crippen molar-refractivity contribution in [1.29, 1.82) is 0 Å². The van der Waals surface area contributed by atoms with Crippen molar-refractivity contribution in [3.05, 3.63) is 0 Å². The lowest BCUT2D eigenvalue weighted by Gasteiger charge is -2.07. The fourth-order valence-corrected chi connectivity index (χ4v) is 1.18. The Morgan fingerprint density at radius 3 is 2.00 bits per heavy atom. The Morgan fingerprint density at radius 1 is 1.11 bits per heavy atom. The van der Waals surface area contributed by atoms with Crippen molar-refractivity contribution in [2.75, 3.05) is 13.1 Å². The molecule has 0 unspecified atom stereocenters. The zero-order valence-electron chi connectivity index (χ0n) is 5.94. The van der Waals surface area contributed by atoms with Gasteiger partial charge in [-0.15, -0.1) is 0 Å². The van der Waals surface area contributed by atoms with Crippen molar-refractivity contribution < 1.29 is 21.6 Å². The number of nitrogens with zero attached hydrogens (tertiary/aromatic N) is 1. The van der Waals surface area contributed by atoms with Crippen molar-refractivity contribution >= 4 is 6.21 Å². The summed E-state index contributed by atoms with van der Waals surface area (Å²) in [6.45, 7) is 4.69. The van der Waals surface area contributed by atoms with Gasteiger partial charge in [0.2, 0.25) is 0 Å². The Bertz CT molecular complexity index is 91.1. The van der Waals surface area contributed by atoms with Crippen molar-refractivity contribution in [3.8, 4) is 0 Å². The molecule has 0 saturated carbocycles. The van der Waals surface area contributed by atoms with E-state index in [1.165, 1.54) is 32.4 Å². The molecule has 0 N–H and O–H groups in total. The summed E-state index contributed by atoms with van der Waals surface area (Å²) in [6.07, 6.45) is 6.41. The fraction of sp³-hybridized carbons (Fsp3) is 0.857. The van der Waals surface area contributed by atoms with E-state index in [1.807, 2.05) is 0 Å². The van der Waals surface area contributed by atoms with Crippen LogP contribution in [-0.4, -0.2) is 23.9 Å². The first-order chi connectivity index (χ1) is 3.93. The topological polar surface area (TPSA) is 3.01 Å². The molecule has 1 saturated heterocycles. The Labute approximate surface area is 67.5 Å². The van der Waals surface area contributed by atoms with Crippen LogP contribution in [0.2, 0.25) is 0 Å². The SMILES string of the molecule is CC=[N+]1CCCCC1.[Br-]. The average molecular weight is 192 g/mol. The van der Waals surface area contributed by atoms with E-state index < -0.39 is 0 Å². The summed E-state index contributed by atoms with van der Waals surface area (Å²) in [6, 6.07) is 0. The number of piperidine rings is 1. The van der Waals surface area contributed by atoms with Gasteiger partial charge >= 0.3 is 0 Å². The molecule has 0 spiro atoms. The average Bonchev–Trinajstić information content (AvgIpc) is 1.90. The van der Waals surface area contributed by atoms with Crippen LogP contribution in [0.3, 0.4) is 0 Å². The lowest BCUT2D eigenvalue weighted by molar-refractivity contribution is -0.533. The monoisotopic (exact) mass is 191 g/mol. The molecule has 0 radical (unpaired) electrons. The van der Waals surface area contributed by atoms with Gasteiger partial charge in [-0.25, -0.2) is 4.58 Å². The fourth-order valence-electron chi connectivity index (χ4n) is 1.18. The van der Waals surface area contributed by atoms with E-state index in [0.29, 0.717) is 0 Å². The Morgan fingerprint density at radius 2 is 1.67 bits per heavy atom. The van der Waals surface area contributed by atoms with Gasteiger partial charge < -0.3 is 17.0 Å². The second-order valence-corrected chi connectivity index (χ2v) is 2.35. The van der Waals surface area contributed by atoms with Gasteiger partial charge in [0, 0.05) is 19.8 Å². The van der Waals surface area contributed by atoms with Crippen LogP contribution in [-0.2, 0) is 0 Å². The maximum atomic E-state index is 2.39. The molecule has 54 valence electrons. The Kier molecular flexibility index (Phi) is 5.06. The van der Waals surface area contributed by atoms with E-state index in [4.69, 9.17) is 0 Å². The Balaban J connectivity index is 0.000000640. The quantitative estimate of drug-likeness (QED) is 0.401. The highest BCUT2D eigenvalue weighted by Crippen LogP contribution is 2.02. The second kappa shape index (κ2) is 4.98. The zero-order chi connectivity index (χ0) is 5.82. The molecule has 0 aromatic rings. The molecule has 2 heteroatoms. The normalized spacial score (nSPS) is 18.6. The first-order valence-corrected chi connectivity index (χ1v) is 3.47. The van der Waals surface area contributed by atoms with Gasteiger partial charge in [-0.05, 0) is 6.42 Å². The van der Waals surface area contributed by atoms with Gasteiger partial charge in [0.05, 0.1) is 0 Å². The van der Waals surface area contributed by atoms with Crippen LogP contribution < -0.4 is 17.0 Å². The summed E-state index contributed by atoms with van der Waals surface area (Å²) in [5.74, 6) is 0. The van der Waals surface area contributed by atoms with E-state index in [2.05, 4.69) is 17.7 Å². The second-order valence-electron chi connectivity index (χ2n) is 2.35. The van der Waals surface area contributed by atoms with Crippen molar-refractivity contribution in [3.63, 3.8) is 0 Å². The minimum Gasteiger partial charge on any atom is -1.00 e. The van der Waals surface area contributed by atoms with E-state index in [-0.39, 0.29) is 17.0 Å². The molecule has 1 nitrogen and oxygen atoms in total. The molecular formula is C7H14BrN. The lowest BCUT2D eigenvalue weighted by atomic mass is 10.2. The highest BCUT2D eigenvalue weighted by molar-refractivity contribution is 5.46. The minimum atomic E-state index is 0. The summed E-state index contributed by atoms with van der Waals surface area (Å²) in [5.41, 5.74) is 0. The molecular weight excluding hydrogens is 178 g/mol. The standard InChI is InChI=1S/C7H14N.BrH/c1-2-8-6-4-3-5-7-8;/h2H,3-7H2,1H3;1H/q+1;/p-1. The predicted octanol–water partition coefficient (Wildman–Crippen LogP) is -1.72. The third-order valence-corrected chi connectivity index (χ3v) is 1.76. The summed E-state index contributed by atoms with van der Waals surface area (Å²) < 4.78 is 2.39. The smallest absolute Gasteiger partial charge is 0.142 e. The molecule has 0 aromatic carbocycles. The first-order valence-electron chi connectivity index (χ1n) is 3.47. The van der Waals surface area contributed by atoms with Crippen molar-refractivity contribution in [1.82, 2.24) is 0 Å². The van der Waals surface area contributed by atoms with Gasteiger partial charge in [0.1, 0.15) is 19.3 Å². The van der Waals surface area contributed by atoms with Crippen LogP contribution in [0.4, 0.5) is 0 Å². The molecule has 1 rings (SSSR count). The maximum absolute atomic E-state index is 2.39. The lowest BCUT2D eigenvalue weighted by Crippen LogP contribution is -3.00. The van der Waals surface area contributed by atoms with E-state index in [9.17, 15) is 0 Å². The van der Waals surface area contributed by atoms with Gasteiger partial charge in [-0.1, -0.05) is 0 Å². The summed E-state index contributed by atoms with van der Waals surface area (Å²) in [7, 11) is 0. The highest BCUT2D eigenvalue weighted by atomic mass is 79.9. The number of halogens is 1. The van der Waals surface area contributed by atoms with Crippen LogP contribution in [0.25, 0.3) is 0 Å². The number of hydrogen-bond acceptors (Lipinski definition) is 0. The van der Waals surface area contributed by atoms with Crippen molar-refractivity contribution in [2.24, 2.45) is 0 Å². The molecule has 0 bridgehead atoms.